The maximum absolute atomic E-state index is 13.1. The Balaban J connectivity index is 1.48. The molecule has 0 atom stereocenters. The first-order valence-electron chi connectivity index (χ1n) is 13.3. The highest BCUT2D eigenvalue weighted by molar-refractivity contribution is 6.60. The van der Waals surface area contributed by atoms with E-state index in [0.29, 0.717) is 22.7 Å². The van der Waals surface area contributed by atoms with Crippen molar-refractivity contribution in [3.05, 3.63) is 41.7 Å². The molecule has 214 valence electrons. The Morgan fingerprint density at radius 1 is 1.12 bits per heavy atom. The molecular weight excluding hydrogens is 551 g/mol. The summed E-state index contributed by atoms with van der Waals surface area (Å²) in [6, 6.07) is 8.19. The van der Waals surface area contributed by atoms with E-state index in [9.17, 15) is 19.2 Å². The minimum atomic E-state index is -2.03. The molecule has 1 aliphatic heterocycles. The second kappa shape index (κ2) is 11.9. The van der Waals surface area contributed by atoms with Crippen molar-refractivity contribution in [2.75, 3.05) is 37.5 Å². The van der Waals surface area contributed by atoms with Gasteiger partial charge in [-0.15, -0.1) is 10.2 Å². The van der Waals surface area contributed by atoms with E-state index in [4.69, 9.17) is 28.3 Å². The van der Waals surface area contributed by atoms with Gasteiger partial charge in [-0.3, -0.25) is 29.2 Å². The van der Waals surface area contributed by atoms with Crippen LogP contribution in [0.2, 0.25) is 0 Å². The molecule has 3 heterocycles. The third-order valence-corrected chi connectivity index (χ3v) is 6.68. The van der Waals surface area contributed by atoms with E-state index in [1.165, 1.54) is 22.8 Å². The van der Waals surface area contributed by atoms with Crippen LogP contribution >= 0.6 is 0 Å². The number of para-hydroxylation sites is 1. The second-order valence-corrected chi connectivity index (χ2v) is 10.3. The van der Waals surface area contributed by atoms with Crippen LogP contribution in [0.5, 0.6) is 5.75 Å². The summed E-state index contributed by atoms with van der Waals surface area (Å²) >= 11 is 0. The highest BCUT2D eigenvalue weighted by atomic mass is 16.5. The number of methoxy groups -OCH3 is 1. The minimum absolute atomic E-state index is 0.00758. The lowest BCUT2D eigenvalue weighted by Gasteiger charge is -2.26. The van der Waals surface area contributed by atoms with E-state index < -0.39 is 11.1 Å². The number of aromatic nitrogens is 4. The molecule has 2 fully saturated rings. The Morgan fingerprint density at radius 2 is 1.88 bits per heavy atom. The molecule has 6 radical (unpaired) electrons. The largest absolute Gasteiger partial charge is 0.494 e. The number of Topliss-reactive ketones (excluding diaryl/α,β-unsaturated/α-hetero) is 1. The SMILES string of the molecule is [B]C([B])([B])NC(=O)c1nnc(NC(=O)C2CC2)cc1Nc1cccc(-c2cc(C(=O)N3CNCC(=O)C3)n(C)n2)c1OC. The van der Waals surface area contributed by atoms with Gasteiger partial charge in [0.1, 0.15) is 5.69 Å². The normalized spacial score (nSPS) is 15.1. The average molecular weight is 577 g/mol. The van der Waals surface area contributed by atoms with Crippen molar-refractivity contribution in [2.24, 2.45) is 13.0 Å². The minimum Gasteiger partial charge on any atom is -0.494 e. The lowest BCUT2D eigenvalue weighted by Crippen LogP contribution is -2.50. The standard InChI is InChI=1S/C26H26B3N9O5/c1-37-19(25(42)38-11-14(39)10-30-12-38)8-17(36-37)15-4-3-5-16(22(15)43-2)31-18-9-20(32-23(40)13-6-7-13)34-35-21(18)24(41)33-26(27,28)29/h3-5,8-9,13,30H,6-7,10-12H2,1-2H3,(H,33,41)(H2,31,32,34,40). The number of carbonyl (C=O) groups is 4. The summed E-state index contributed by atoms with van der Waals surface area (Å²) in [6.45, 7) is 0.466. The third-order valence-electron chi connectivity index (χ3n) is 6.68. The second-order valence-electron chi connectivity index (χ2n) is 10.3. The van der Waals surface area contributed by atoms with Gasteiger partial charge in [0.05, 0.1) is 67.5 Å². The van der Waals surface area contributed by atoms with Gasteiger partial charge in [-0.1, -0.05) is 11.3 Å². The molecule has 14 nitrogen and oxygen atoms in total. The molecule has 2 aliphatic rings. The molecule has 5 rings (SSSR count). The smallest absolute Gasteiger partial charge is 0.273 e. The molecule has 1 saturated carbocycles. The summed E-state index contributed by atoms with van der Waals surface area (Å²) in [6.07, 6.45) is 1.57. The first-order chi connectivity index (χ1) is 20.4. The molecule has 1 aliphatic carbocycles. The first kappa shape index (κ1) is 29.8. The van der Waals surface area contributed by atoms with E-state index in [-0.39, 0.29) is 66.2 Å². The van der Waals surface area contributed by atoms with Crippen molar-refractivity contribution >= 4 is 64.2 Å². The number of anilines is 3. The zero-order valence-corrected chi connectivity index (χ0v) is 23.5. The summed E-state index contributed by atoms with van der Waals surface area (Å²) in [4.78, 5) is 51.7. The number of nitrogens with zero attached hydrogens (tertiary/aromatic N) is 5. The van der Waals surface area contributed by atoms with E-state index in [1.54, 1.807) is 31.3 Å². The molecule has 17 heteroatoms. The molecule has 4 N–H and O–H groups in total. The highest BCUT2D eigenvalue weighted by Gasteiger charge is 2.31. The molecule has 1 saturated heterocycles. The molecular formula is C26H26B3N9O5. The molecule has 43 heavy (non-hydrogen) atoms. The maximum Gasteiger partial charge on any atom is 0.273 e. The van der Waals surface area contributed by atoms with Gasteiger partial charge >= 0.3 is 0 Å². The van der Waals surface area contributed by atoms with E-state index in [1.807, 2.05) is 0 Å². The molecule has 2 aromatic heterocycles. The van der Waals surface area contributed by atoms with Gasteiger partial charge in [-0.05, 0) is 31.0 Å². The van der Waals surface area contributed by atoms with Crippen molar-refractivity contribution in [1.29, 1.82) is 0 Å². The van der Waals surface area contributed by atoms with Gasteiger partial charge in [0.25, 0.3) is 11.8 Å². The predicted molar refractivity (Wildman–Crippen MR) is 158 cm³/mol. The lowest BCUT2D eigenvalue weighted by atomic mass is 9.49. The third kappa shape index (κ3) is 6.88. The fourth-order valence-electron chi connectivity index (χ4n) is 4.51. The van der Waals surface area contributed by atoms with Crippen molar-refractivity contribution in [3.8, 4) is 17.0 Å². The van der Waals surface area contributed by atoms with Crippen LogP contribution in [-0.2, 0) is 16.6 Å². The van der Waals surface area contributed by atoms with Crippen LogP contribution in [0, 0.1) is 5.92 Å². The first-order valence-corrected chi connectivity index (χ1v) is 13.3. The summed E-state index contributed by atoms with van der Waals surface area (Å²) in [7, 11) is 19.7. The summed E-state index contributed by atoms with van der Waals surface area (Å²) in [5.74, 6) is -1.12. The number of carbonyl (C=O) groups excluding carboxylic acids is 4. The van der Waals surface area contributed by atoms with Crippen LogP contribution in [0.3, 0.4) is 0 Å². The Bertz CT molecular complexity index is 1600. The molecule has 3 amide bonds. The number of amides is 3. The van der Waals surface area contributed by atoms with Crippen LogP contribution in [0.4, 0.5) is 17.2 Å². The zero-order chi connectivity index (χ0) is 30.9. The summed E-state index contributed by atoms with van der Waals surface area (Å²) in [5.41, 5.74) is 1.54. The monoisotopic (exact) mass is 577 g/mol. The average Bonchev–Trinajstić information content (AvgIpc) is 3.73. The Hall–Kier alpha value is -4.66. The molecule has 0 unspecified atom stereocenters. The lowest BCUT2D eigenvalue weighted by molar-refractivity contribution is -0.120. The number of hydrogen-bond donors (Lipinski definition) is 4. The fraction of sp³-hybridized carbons (Fsp3) is 0.346. The van der Waals surface area contributed by atoms with Crippen LogP contribution in [0.1, 0.15) is 33.8 Å². The number of ether oxygens (including phenoxy) is 1. The molecule has 1 aromatic carbocycles. The van der Waals surface area contributed by atoms with Crippen molar-refractivity contribution in [1.82, 2.24) is 35.5 Å². The van der Waals surface area contributed by atoms with E-state index >= 15 is 0 Å². The van der Waals surface area contributed by atoms with Gasteiger partial charge in [-0.2, -0.15) is 5.10 Å². The van der Waals surface area contributed by atoms with Crippen LogP contribution < -0.4 is 26.0 Å². The van der Waals surface area contributed by atoms with E-state index in [2.05, 4.69) is 36.6 Å². The molecule has 0 spiro atoms. The van der Waals surface area contributed by atoms with Gasteiger partial charge < -0.3 is 25.6 Å². The topological polar surface area (TPSA) is 172 Å². The van der Waals surface area contributed by atoms with Gasteiger partial charge in [0.15, 0.2) is 23.0 Å². The molecule has 0 bridgehead atoms. The maximum atomic E-state index is 13.1. The van der Waals surface area contributed by atoms with Crippen molar-refractivity contribution in [3.63, 3.8) is 0 Å². The van der Waals surface area contributed by atoms with Gasteiger partial charge in [0.2, 0.25) is 5.91 Å². The number of hydrogen-bond acceptors (Lipinski definition) is 10. The number of nitrogens with one attached hydrogen (secondary N) is 4. The highest BCUT2D eigenvalue weighted by Crippen LogP contribution is 2.38. The summed E-state index contributed by atoms with van der Waals surface area (Å²) in [5, 5.41) is 21.3. The number of rotatable bonds is 9. The predicted octanol–water partition coefficient (Wildman–Crippen LogP) is -0.604. The number of aryl methyl sites for hydroxylation is 1. The van der Waals surface area contributed by atoms with E-state index in [0.717, 1.165) is 12.8 Å². The Labute approximate surface area is 250 Å². The van der Waals surface area contributed by atoms with Gasteiger partial charge in [0, 0.05) is 24.6 Å². The number of ketones is 1. The van der Waals surface area contributed by atoms with Crippen molar-refractivity contribution in [2.45, 2.75) is 18.1 Å². The number of benzene rings is 1. The molecule has 3 aromatic rings. The zero-order valence-electron chi connectivity index (χ0n) is 23.5. The Kier molecular flexibility index (Phi) is 8.26. The Morgan fingerprint density at radius 3 is 2.56 bits per heavy atom. The van der Waals surface area contributed by atoms with Crippen LogP contribution in [-0.4, -0.2) is 104 Å². The quantitative estimate of drug-likeness (QED) is 0.241. The summed E-state index contributed by atoms with van der Waals surface area (Å²) < 4.78 is 7.16. The van der Waals surface area contributed by atoms with Crippen LogP contribution in [0.25, 0.3) is 11.3 Å². The fourth-order valence-corrected chi connectivity index (χ4v) is 4.51. The van der Waals surface area contributed by atoms with Crippen LogP contribution in [0.15, 0.2) is 30.3 Å². The van der Waals surface area contributed by atoms with Gasteiger partial charge in [-0.25, -0.2) is 0 Å². The van der Waals surface area contributed by atoms with Crippen molar-refractivity contribution < 1.29 is 23.9 Å².